The predicted octanol–water partition coefficient (Wildman–Crippen LogP) is 2.73. The number of amides is 1. The fourth-order valence-electron chi connectivity index (χ4n) is 1.47. The van der Waals surface area contributed by atoms with Crippen LogP contribution in [0.4, 0.5) is 18.9 Å². The van der Waals surface area contributed by atoms with Gasteiger partial charge in [0, 0.05) is 13.0 Å². The normalized spacial score (nSPS) is 11.2. The Balaban J connectivity index is 2.58. The minimum absolute atomic E-state index is 0.00143. The number of nitrogens with one attached hydrogen (secondary N) is 1. The van der Waals surface area contributed by atoms with Gasteiger partial charge >= 0.3 is 6.18 Å². The van der Waals surface area contributed by atoms with Crippen molar-refractivity contribution in [2.45, 2.75) is 25.4 Å². The largest absolute Gasteiger partial charge is 0.482 e. The third kappa shape index (κ3) is 6.42. The van der Waals surface area contributed by atoms with Gasteiger partial charge in [0.1, 0.15) is 5.75 Å². The van der Waals surface area contributed by atoms with Gasteiger partial charge in [-0.15, -0.1) is 0 Å². The summed E-state index contributed by atoms with van der Waals surface area (Å²) in [7, 11) is 0. The second kappa shape index (κ2) is 7.74. The van der Waals surface area contributed by atoms with Crippen molar-refractivity contribution in [1.29, 1.82) is 0 Å². The molecule has 0 aliphatic carbocycles. The first kappa shape index (κ1) is 16.3. The average molecular weight is 291 g/mol. The van der Waals surface area contributed by atoms with E-state index in [1.165, 1.54) is 18.2 Å². The van der Waals surface area contributed by atoms with Crippen LogP contribution in [0.15, 0.2) is 24.3 Å². The van der Waals surface area contributed by atoms with Crippen molar-refractivity contribution in [1.82, 2.24) is 0 Å². The molecule has 0 saturated heterocycles. The summed E-state index contributed by atoms with van der Waals surface area (Å²) in [6, 6.07) is 5.93. The van der Waals surface area contributed by atoms with Gasteiger partial charge in [0.15, 0.2) is 6.61 Å². The lowest BCUT2D eigenvalue weighted by Crippen LogP contribution is -2.20. The Morgan fingerprint density at radius 1 is 1.25 bits per heavy atom. The zero-order valence-corrected chi connectivity index (χ0v) is 10.7. The van der Waals surface area contributed by atoms with Crippen molar-refractivity contribution >= 4 is 11.6 Å². The molecule has 0 atom stereocenters. The molecule has 0 spiro atoms. The number of halogens is 3. The number of rotatable bonds is 7. The third-order valence-electron chi connectivity index (χ3n) is 2.36. The number of anilines is 1. The van der Waals surface area contributed by atoms with Crippen LogP contribution < -0.4 is 10.1 Å². The zero-order chi connectivity index (χ0) is 15.0. The molecule has 0 bridgehead atoms. The van der Waals surface area contributed by atoms with Crippen molar-refractivity contribution in [2.75, 3.05) is 18.5 Å². The lowest BCUT2D eigenvalue weighted by atomic mass is 10.2. The van der Waals surface area contributed by atoms with Crippen LogP contribution in [0.25, 0.3) is 0 Å². The highest BCUT2D eigenvalue weighted by Crippen LogP contribution is 2.26. The summed E-state index contributed by atoms with van der Waals surface area (Å²) in [5, 5.41) is 11.1. The molecular formula is C13H16F3NO3. The Labute approximate surface area is 114 Å². The highest BCUT2D eigenvalue weighted by Gasteiger charge is 2.28. The molecule has 0 fully saturated rings. The van der Waals surface area contributed by atoms with Gasteiger partial charge in [0.2, 0.25) is 5.91 Å². The lowest BCUT2D eigenvalue weighted by Gasteiger charge is -2.13. The first-order valence-corrected chi connectivity index (χ1v) is 6.11. The van der Waals surface area contributed by atoms with Crippen LogP contribution in [0.1, 0.15) is 19.3 Å². The molecule has 1 rings (SSSR count). The molecule has 0 unspecified atom stereocenters. The maximum atomic E-state index is 12.1. The summed E-state index contributed by atoms with van der Waals surface area (Å²) >= 11 is 0. The van der Waals surface area contributed by atoms with E-state index in [2.05, 4.69) is 10.1 Å². The Morgan fingerprint density at radius 3 is 2.60 bits per heavy atom. The van der Waals surface area contributed by atoms with Crippen LogP contribution in [-0.2, 0) is 4.79 Å². The molecule has 1 amide bonds. The standard InChI is InChI=1S/C13H16F3NO3/c14-13(15,16)9-20-11-6-2-1-5-10(11)17-12(19)7-3-4-8-18/h1-2,5-6,18H,3-4,7-9H2,(H,17,19). The molecule has 0 radical (unpaired) electrons. The Kier molecular flexibility index (Phi) is 6.30. The van der Waals surface area contributed by atoms with Crippen LogP contribution in [0.3, 0.4) is 0 Å². The highest BCUT2D eigenvalue weighted by atomic mass is 19.4. The maximum Gasteiger partial charge on any atom is 0.422 e. The monoisotopic (exact) mass is 291 g/mol. The minimum atomic E-state index is -4.43. The lowest BCUT2D eigenvalue weighted by molar-refractivity contribution is -0.153. The molecule has 1 aromatic rings. The number of para-hydroxylation sites is 2. The maximum absolute atomic E-state index is 12.1. The molecule has 1 aromatic carbocycles. The second-order valence-electron chi connectivity index (χ2n) is 4.13. The zero-order valence-electron chi connectivity index (χ0n) is 10.7. The molecule has 0 saturated carbocycles. The topological polar surface area (TPSA) is 58.6 Å². The molecule has 0 aromatic heterocycles. The van der Waals surface area contributed by atoms with Crippen molar-refractivity contribution in [2.24, 2.45) is 0 Å². The minimum Gasteiger partial charge on any atom is -0.482 e. The third-order valence-corrected chi connectivity index (χ3v) is 2.36. The van der Waals surface area contributed by atoms with E-state index in [0.717, 1.165) is 0 Å². The van der Waals surface area contributed by atoms with Crippen LogP contribution in [0, 0.1) is 0 Å². The van der Waals surface area contributed by atoms with Gasteiger partial charge in [0.05, 0.1) is 5.69 Å². The Bertz CT molecular complexity index is 435. The smallest absolute Gasteiger partial charge is 0.422 e. The van der Waals surface area contributed by atoms with Crippen molar-refractivity contribution in [3.63, 3.8) is 0 Å². The first-order chi connectivity index (χ1) is 9.42. The van der Waals surface area contributed by atoms with Crippen molar-refractivity contribution in [3.05, 3.63) is 24.3 Å². The van der Waals surface area contributed by atoms with Crippen LogP contribution in [-0.4, -0.2) is 30.4 Å². The number of hydrogen-bond acceptors (Lipinski definition) is 3. The van der Waals surface area contributed by atoms with E-state index in [-0.39, 0.29) is 30.4 Å². The van der Waals surface area contributed by atoms with Gasteiger partial charge in [-0.05, 0) is 25.0 Å². The number of alkyl halides is 3. The van der Waals surface area contributed by atoms with Crippen molar-refractivity contribution < 1.29 is 27.8 Å². The molecule has 4 nitrogen and oxygen atoms in total. The SMILES string of the molecule is O=C(CCCCO)Nc1ccccc1OCC(F)(F)F. The summed E-state index contributed by atoms with van der Waals surface area (Å²) in [6.07, 6.45) is -3.24. The molecular weight excluding hydrogens is 275 g/mol. The molecule has 2 N–H and O–H groups in total. The van der Waals surface area contributed by atoms with Crippen LogP contribution in [0.5, 0.6) is 5.75 Å². The van der Waals surface area contributed by atoms with Gasteiger partial charge in [0.25, 0.3) is 0 Å². The van der Waals surface area contributed by atoms with E-state index in [1.54, 1.807) is 6.07 Å². The molecule has 112 valence electrons. The average Bonchev–Trinajstić information content (AvgIpc) is 2.37. The number of aliphatic hydroxyl groups is 1. The van der Waals surface area contributed by atoms with Crippen LogP contribution >= 0.6 is 0 Å². The van der Waals surface area contributed by atoms with Gasteiger partial charge in [-0.1, -0.05) is 12.1 Å². The van der Waals surface area contributed by atoms with Gasteiger partial charge in [-0.2, -0.15) is 13.2 Å². The fraction of sp³-hybridized carbons (Fsp3) is 0.462. The number of unbranched alkanes of at least 4 members (excludes halogenated alkanes) is 1. The molecule has 0 heterocycles. The van der Waals surface area contributed by atoms with E-state index >= 15 is 0 Å². The quantitative estimate of drug-likeness (QED) is 0.759. The van der Waals surface area contributed by atoms with E-state index in [9.17, 15) is 18.0 Å². The van der Waals surface area contributed by atoms with Crippen molar-refractivity contribution in [3.8, 4) is 5.75 Å². The van der Waals surface area contributed by atoms with Gasteiger partial charge in [-0.3, -0.25) is 4.79 Å². The molecule has 0 aliphatic heterocycles. The first-order valence-electron chi connectivity index (χ1n) is 6.11. The summed E-state index contributed by atoms with van der Waals surface area (Å²) in [5.41, 5.74) is 0.200. The number of benzene rings is 1. The van der Waals surface area contributed by atoms with E-state index in [4.69, 9.17) is 5.11 Å². The molecule has 20 heavy (non-hydrogen) atoms. The Morgan fingerprint density at radius 2 is 1.95 bits per heavy atom. The van der Waals surface area contributed by atoms with Gasteiger partial charge in [-0.25, -0.2) is 0 Å². The van der Waals surface area contributed by atoms with E-state index in [0.29, 0.717) is 12.8 Å². The predicted molar refractivity (Wildman–Crippen MR) is 67.6 cm³/mol. The molecule has 7 heteroatoms. The highest BCUT2D eigenvalue weighted by molar-refractivity contribution is 5.92. The van der Waals surface area contributed by atoms with Crippen LogP contribution in [0.2, 0.25) is 0 Å². The summed E-state index contributed by atoms with van der Waals surface area (Å²) in [5.74, 6) is -0.359. The van der Waals surface area contributed by atoms with E-state index in [1.807, 2.05) is 0 Å². The number of ether oxygens (including phenoxy) is 1. The molecule has 0 aliphatic rings. The fourth-order valence-corrected chi connectivity index (χ4v) is 1.47. The number of carbonyl (C=O) groups excluding carboxylic acids is 1. The Hall–Kier alpha value is -1.76. The number of aliphatic hydroxyl groups excluding tert-OH is 1. The van der Waals surface area contributed by atoms with Gasteiger partial charge < -0.3 is 15.2 Å². The second-order valence-corrected chi connectivity index (χ2v) is 4.13. The van der Waals surface area contributed by atoms with E-state index < -0.39 is 12.8 Å². The summed E-state index contributed by atoms with van der Waals surface area (Å²) < 4.78 is 41.0. The summed E-state index contributed by atoms with van der Waals surface area (Å²) in [6.45, 7) is -1.41. The number of hydrogen-bond donors (Lipinski definition) is 2. The number of carbonyl (C=O) groups is 1. The summed E-state index contributed by atoms with van der Waals surface area (Å²) in [4.78, 5) is 11.6.